The van der Waals surface area contributed by atoms with Gasteiger partial charge in [-0.2, -0.15) is 0 Å². The van der Waals surface area contributed by atoms with Gasteiger partial charge in [-0.3, -0.25) is 0 Å². The van der Waals surface area contributed by atoms with E-state index < -0.39 is 0 Å². The fourth-order valence-corrected chi connectivity index (χ4v) is 7.85. The molecular formula is C48H31N. The second-order valence-corrected chi connectivity index (χ2v) is 12.9. The molecule has 1 heteroatoms. The molecule has 0 aliphatic rings. The molecule has 0 atom stereocenters. The van der Waals surface area contributed by atoms with Crippen LogP contribution in [0.25, 0.3) is 93.2 Å². The molecule has 0 bridgehead atoms. The summed E-state index contributed by atoms with van der Waals surface area (Å²) >= 11 is 0. The van der Waals surface area contributed by atoms with Crippen molar-refractivity contribution in [1.29, 1.82) is 0 Å². The van der Waals surface area contributed by atoms with Crippen LogP contribution in [0, 0.1) is 0 Å². The summed E-state index contributed by atoms with van der Waals surface area (Å²) in [6, 6.07) is 68.7. The summed E-state index contributed by atoms with van der Waals surface area (Å²) in [4.78, 5) is 0. The number of nitrogens with zero attached hydrogens (tertiary/aromatic N) is 1. The van der Waals surface area contributed by atoms with E-state index in [4.69, 9.17) is 0 Å². The number of benzene rings is 9. The summed E-state index contributed by atoms with van der Waals surface area (Å²) in [7, 11) is 0. The van der Waals surface area contributed by atoms with E-state index in [2.05, 4.69) is 193 Å². The Kier molecular flexibility index (Phi) is 6.25. The van der Waals surface area contributed by atoms with Gasteiger partial charge in [-0.1, -0.05) is 146 Å². The maximum absolute atomic E-state index is 2.40. The zero-order valence-corrected chi connectivity index (χ0v) is 26.8. The molecule has 0 aliphatic heterocycles. The van der Waals surface area contributed by atoms with E-state index in [1.165, 1.54) is 93.2 Å². The third-order valence-corrected chi connectivity index (χ3v) is 10.2. The van der Waals surface area contributed by atoms with Crippen LogP contribution in [0.4, 0.5) is 0 Å². The van der Waals surface area contributed by atoms with E-state index in [1.807, 2.05) is 0 Å². The van der Waals surface area contributed by atoms with E-state index in [-0.39, 0.29) is 0 Å². The molecule has 0 amide bonds. The molecule has 0 saturated carbocycles. The first-order valence-electron chi connectivity index (χ1n) is 16.9. The molecular weight excluding hydrogens is 591 g/mol. The molecule has 0 radical (unpaired) electrons. The van der Waals surface area contributed by atoms with Crippen LogP contribution >= 0.6 is 0 Å². The normalized spacial score (nSPS) is 11.7. The Hall–Kier alpha value is -6.44. The SMILES string of the molecule is c1ccc(-c2cccc(-n3c4ccccc4c4cc(-c5cccc(-c6ccc7c8ccccc8c8ccccc8c7c6)c5)ccc43)c2)cc1. The summed E-state index contributed by atoms with van der Waals surface area (Å²) in [6.45, 7) is 0. The van der Waals surface area contributed by atoms with Gasteiger partial charge in [0.15, 0.2) is 0 Å². The Bertz CT molecular complexity index is 2840. The molecule has 49 heavy (non-hydrogen) atoms. The van der Waals surface area contributed by atoms with Crippen molar-refractivity contribution in [3.05, 3.63) is 188 Å². The standard InChI is InChI=1S/C48H31N/c1-2-12-32(13-3-1)35-16-11-17-38(29-35)49-47-23-9-8-22-44(47)46-31-37(25-27-48(46)49)34-15-10-14-33(28-34)36-24-26-43-41-20-5-4-18-39(41)40-19-6-7-21-42(40)45(43)30-36/h1-31H. The Morgan fingerprint density at radius 1 is 0.224 bits per heavy atom. The zero-order valence-electron chi connectivity index (χ0n) is 26.8. The molecule has 1 aromatic heterocycles. The molecule has 1 heterocycles. The number of rotatable bonds is 4. The van der Waals surface area contributed by atoms with Gasteiger partial charge in [-0.05, 0) is 108 Å². The van der Waals surface area contributed by atoms with Gasteiger partial charge in [0, 0.05) is 16.5 Å². The lowest BCUT2D eigenvalue weighted by Crippen LogP contribution is -1.94. The van der Waals surface area contributed by atoms with Gasteiger partial charge in [0.05, 0.1) is 11.0 Å². The van der Waals surface area contributed by atoms with E-state index in [0.717, 1.165) is 0 Å². The topological polar surface area (TPSA) is 4.93 Å². The van der Waals surface area contributed by atoms with Gasteiger partial charge < -0.3 is 4.57 Å². The minimum Gasteiger partial charge on any atom is -0.309 e. The highest BCUT2D eigenvalue weighted by atomic mass is 15.0. The number of para-hydroxylation sites is 1. The van der Waals surface area contributed by atoms with E-state index >= 15 is 0 Å². The number of hydrogen-bond donors (Lipinski definition) is 0. The second-order valence-electron chi connectivity index (χ2n) is 12.9. The lowest BCUT2D eigenvalue weighted by atomic mass is 9.91. The maximum atomic E-state index is 2.40. The molecule has 228 valence electrons. The quantitative estimate of drug-likeness (QED) is 0.172. The smallest absolute Gasteiger partial charge is 0.0541 e. The maximum Gasteiger partial charge on any atom is 0.0541 e. The van der Waals surface area contributed by atoms with Crippen LogP contribution < -0.4 is 0 Å². The molecule has 0 spiro atoms. The fraction of sp³-hybridized carbons (Fsp3) is 0. The molecule has 1 nitrogen and oxygen atoms in total. The lowest BCUT2D eigenvalue weighted by molar-refractivity contribution is 1.18. The summed E-state index contributed by atoms with van der Waals surface area (Å²) in [5.74, 6) is 0. The van der Waals surface area contributed by atoms with Crippen LogP contribution in [0.5, 0.6) is 0 Å². The third-order valence-electron chi connectivity index (χ3n) is 10.2. The van der Waals surface area contributed by atoms with E-state index in [0.29, 0.717) is 0 Å². The van der Waals surface area contributed by atoms with Crippen LogP contribution in [0.3, 0.4) is 0 Å². The second kappa shape index (κ2) is 11.1. The fourth-order valence-electron chi connectivity index (χ4n) is 7.85. The van der Waals surface area contributed by atoms with Gasteiger partial charge in [-0.15, -0.1) is 0 Å². The largest absolute Gasteiger partial charge is 0.309 e. The molecule has 0 N–H and O–H groups in total. The van der Waals surface area contributed by atoms with Crippen LogP contribution in [-0.4, -0.2) is 4.57 Å². The Balaban J connectivity index is 1.10. The van der Waals surface area contributed by atoms with Gasteiger partial charge in [-0.25, -0.2) is 0 Å². The van der Waals surface area contributed by atoms with Crippen molar-refractivity contribution in [3.63, 3.8) is 0 Å². The van der Waals surface area contributed by atoms with Crippen molar-refractivity contribution in [2.24, 2.45) is 0 Å². The van der Waals surface area contributed by atoms with Gasteiger partial charge in [0.2, 0.25) is 0 Å². The highest BCUT2D eigenvalue weighted by molar-refractivity contribution is 6.25. The highest BCUT2D eigenvalue weighted by Crippen LogP contribution is 2.39. The molecule has 10 rings (SSSR count). The Morgan fingerprint density at radius 2 is 0.673 bits per heavy atom. The Labute approximate surface area is 284 Å². The lowest BCUT2D eigenvalue weighted by Gasteiger charge is -2.13. The van der Waals surface area contributed by atoms with Crippen molar-refractivity contribution in [2.75, 3.05) is 0 Å². The number of hydrogen-bond acceptors (Lipinski definition) is 0. The molecule has 0 saturated heterocycles. The van der Waals surface area contributed by atoms with Crippen molar-refractivity contribution in [2.45, 2.75) is 0 Å². The van der Waals surface area contributed by atoms with Crippen LogP contribution in [-0.2, 0) is 0 Å². The van der Waals surface area contributed by atoms with Crippen LogP contribution in [0.2, 0.25) is 0 Å². The van der Waals surface area contributed by atoms with Crippen molar-refractivity contribution < 1.29 is 0 Å². The highest BCUT2D eigenvalue weighted by Gasteiger charge is 2.15. The summed E-state index contributed by atoms with van der Waals surface area (Å²) < 4.78 is 2.40. The molecule has 0 fully saturated rings. The minimum absolute atomic E-state index is 1.17. The first kappa shape index (κ1) is 27.7. The summed E-state index contributed by atoms with van der Waals surface area (Å²) in [5.41, 5.74) is 10.9. The van der Waals surface area contributed by atoms with E-state index in [1.54, 1.807) is 0 Å². The summed E-state index contributed by atoms with van der Waals surface area (Å²) in [5, 5.41) is 10.3. The molecule has 0 unspecified atom stereocenters. The molecule has 9 aromatic carbocycles. The van der Waals surface area contributed by atoms with E-state index in [9.17, 15) is 0 Å². The van der Waals surface area contributed by atoms with Gasteiger partial charge in [0.25, 0.3) is 0 Å². The van der Waals surface area contributed by atoms with Crippen molar-refractivity contribution >= 4 is 54.1 Å². The van der Waals surface area contributed by atoms with Crippen molar-refractivity contribution in [1.82, 2.24) is 4.57 Å². The monoisotopic (exact) mass is 621 g/mol. The minimum atomic E-state index is 1.17. The average molecular weight is 622 g/mol. The Morgan fingerprint density at radius 3 is 1.37 bits per heavy atom. The first-order chi connectivity index (χ1) is 24.3. The van der Waals surface area contributed by atoms with Gasteiger partial charge in [0.1, 0.15) is 0 Å². The zero-order chi connectivity index (χ0) is 32.3. The number of aromatic nitrogens is 1. The van der Waals surface area contributed by atoms with Gasteiger partial charge >= 0.3 is 0 Å². The molecule has 10 aromatic rings. The predicted molar refractivity (Wildman–Crippen MR) is 210 cm³/mol. The molecule has 0 aliphatic carbocycles. The third kappa shape index (κ3) is 4.47. The summed E-state index contributed by atoms with van der Waals surface area (Å²) in [6.07, 6.45) is 0. The predicted octanol–water partition coefficient (Wildman–Crippen LogP) is 13.2. The van der Waals surface area contributed by atoms with Crippen LogP contribution in [0.1, 0.15) is 0 Å². The van der Waals surface area contributed by atoms with Crippen LogP contribution in [0.15, 0.2) is 188 Å². The number of fused-ring (bicyclic) bond motifs is 9. The first-order valence-corrected chi connectivity index (χ1v) is 16.9. The van der Waals surface area contributed by atoms with Crippen molar-refractivity contribution in [3.8, 4) is 39.1 Å². The average Bonchev–Trinajstić information content (AvgIpc) is 3.52.